The summed E-state index contributed by atoms with van der Waals surface area (Å²) in [5.41, 5.74) is 4.61. The van der Waals surface area contributed by atoms with E-state index in [2.05, 4.69) is 6.07 Å². The van der Waals surface area contributed by atoms with E-state index < -0.39 is 12.3 Å². The minimum atomic E-state index is -1.37. The van der Waals surface area contributed by atoms with E-state index in [-0.39, 0.29) is 12.2 Å². The lowest BCUT2D eigenvalue weighted by molar-refractivity contribution is -0.0790. The lowest BCUT2D eigenvalue weighted by atomic mass is 9.90. The topological polar surface area (TPSA) is 53.4 Å². The molecule has 1 unspecified atom stereocenters. The fourth-order valence-corrected chi connectivity index (χ4v) is 4.20. The largest absolute Gasteiger partial charge is 0.497 e. The van der Waals surface area contributed by atoms with Crippen molar-refractivity contribution in [2.45, 2.75) is 38.8 Å². The van der Waals surface area contributed by atoms with Gasteiger partial charge in [-0.05, 0) is 42.3 Å². The predicted octanol–water partition coefficient (Wildman–Crippen LogP) is 3.75. The van der Waals surface area contributed by atoms with Crippen molar-refractivity contribution >= 4 is 10.9 Å². The molecule has 2 aliphatic heterocycles. The van der Waals surface area contributed by atoms with Gasteiger partial charge >= 0.3 is 0 Å². The number of halogens is 1. The highest BCUT2D eigenvalue weighted by Gasteiger charge is 2.34. The molecule has 0 aliphatic carbocycles. The van der Waals surface area contributed by atoms with E-state index in [4.69, 9.17) is 14.5 Å². The third kappa shape index (κ3) is 2.33. The van der Waals surface area contributed by atoms with Gasteiger partial charge in [0.05, 0.1) is 37.2 Å². The van der Waals surface area contributed by atoms with E-state index in [1.165, 1.54) is 0 Å². The second kappa shape index (κ2) is 5.89. The lowest BCUT2D eigenvalue weighted by Gasteiger charge is -2.28. The Hall–Kier alpha value is -2.73. The number of methoxy groups -OCH3 is 1. The van der Waals surface area contributed by atoms with Crippen LogP contribution in [0, 0.1) is 0 Å². The van der Waals surface area contributed by atoms with Crippen LogP contribution in [0.4, 0.5) is 4.39 Å². The number of aromatic nitrogens is 2. The SMILES string of the molecule is CCC1c2cc3n(c(=O)c2CO[C@H]1F)Cc1cc2cc(OC)ccc2nc1-3. The molecule has 4 heterocycles. The molecule has 3 aromatic rings. The summed E-state index contributed by atoms with van der Waals surface area (Å²) in [4.78, 5) is 17.8. The molecule has 0 fully saturated rings. The van der Waals surface area contributed by atoms with Crippen LogP contribution >= 0.6 is 0 Å². The van der Waals surface area contributed by atoms with Crippen molar-refractivity contribution in [2.24, 2.45) is 0 Å². The molecule has 0 bridgehead atoms. The summed E-state index contributed by atoms with van der Waals surface area (Å²) >= 11 is 0. The minimum Gasteiger partial charge on any atom is -0.497 e. The van der Waals surface area contributed by atoms with Gasteiger partial charge in [-0.15, -0.1) is 0 Å². The maximum absolute atomic E-state index is 14.2. The van der Waals surface area contributed by atoms with Gasteiger partial charge in [0.2, 0.25) is 6.36 Å². The van der Waals surface area contributed by atoms with E-state index in [1.807, 2.05) is 31.2 Å². The van der Waals surface area contributed by atoms with E-state index >= 15 is 0 Å². The van der Waals surface area contributed by atoms with Crippen molar-refractivity contribution in [1.29, 1.82) is 0 Å². The minimum absolute atomic E-state index is 0.0229. The highest BCUT2D eigenvalue weighted by atomic mass is 19.1. The Morgan fingerprint density at radius 2 is 2.19 bits per heavy atom. The average molecular weight is 366 g/mol. The Labute approximate surface area is 155 Å². The number of hydrogen-bond acceptors (Lipinski definition) is 4. The van der Waals surface area contributed by atoms with Crippen LogP contribution in [-0.2, 0) is 17.9 Å². The van der Waals surface area contributed by atoms with Crippen molar-refractivity contribution in [3.05, 3.63) is 57.4 Å². The molecule has 138 valence electrons. The van der Waals surface area contributed by atoms with Crippen molar-refractivity contribution in [3.63, 3.8) is 0 Å². The maximum atomic E-state index is 14.2. The first kappa shape index (κ1) is 16.4. The molecule has 2 aliphatic rings. The molecule has 5 nitrogen and oxygen atoms in total. The van der Waals surface area contributed by atoms with Crippen LogP contribution in [0.25, 0.3) is 22.3 Å². The fraction of sp³-hybridized carbons (Fsp3) is 0.333. The summed E-state index contributed by atoms with van der Waals surface area (Å²) in [5, 5.41) is 0.970. The number of ether oxygens (including phenoxy) is 2. The highest BCUT2D eigenvalue weighted by Crippen LogP contribution is 2.38. The number of rotatable bonds is 2. The van der Waals surface area contributed by atoms with Crippen LogP contribution in [0.5, 0.6) is 5.75 Å². The first-order chi connectivity index (χ1) is 13.1. The second-order valence-corrected chi connectivity index (χ2v) is 7.09. The Balaban J connectivity index is 1.73. The van der Waals surface area contributed by atoms with Gasteiger partial charge in [-0.2, -0.15) is 0 Å². The number of hydrogen-bond donors (Lipinski definition) is 0. The van der Waals surface area contributed by atoms with Gasteiger partial charge in [-0.3, -0.25) is 4.79 Å². The smallest absolute Gasteiger partial charge is 0.257 e. The Morgan fingerprint density at radius 1 is 1.33 bits per heavy atom. The lowest BCUT2D eigenvalue weighted by Crippen LogP contribution is -2.33. The standard InChI is InChI=1S/C21H19FN2O3/c1-3-14-15-8-18-19-12(6-11-7-13(26-2)4-5-17(11)23-19)9-24(18)21(25)16(15)10-27-20(14)22/h4-8,14,20H,3,9-10H2,1-2H3/t14?,20-/m1/s1. The van der Waals surface area contributed by atoms with Crippen LogP contribution in [0.15, 0.2) is 35.1 Å². The van der Waals surface area contributed by atoms with E-state index in [0.29, 0.717) is 18.5 Å². The summed E-state index contributed by atoms with van der Waals surface area (Å²) in [5.74, 6) is 0.352. The zero-order chi connectivity index (χ0) is 18.7. The normalized spacial score (nSPS) is 20.3. The summed E-state index contributed by atoms with van der Waals surface area (Å²) in [6.07, 6.45) is -0.794. The second-order valence-electron chi connectivity index (χ2n) is 7.09. The number of pyridine rings is 2. The number of benzene rings is 1. The molecule has 0 saturated heterocycles. The third-order valence-corrected chi connectivity index (χ3v) is 5.65. The van der Waals surface area contributed by atoms with Gasteiger partial charge in [0, 0.05) is 22.4 Å². The van der Waals surface area contributed by atoms with Crippen molar-refractivity contribution in [2.75, 3.05) is 7.11 Å². The first-order valence-electron chi connectivity index (χ1n) is 9.11. The van der Waals surface area contributed by atoms with Crippen LogP contribution < -0.4 is 10.3 Å². The number of alkyl halides is 1. The van der Waals surface area contributed by atoms with Gasteiger partial charge in [-0.25, -0.2) is 9.37 Å². The molecule has 6 heteroatoms. The Kier molecular flexibility index (Phi) is 3.59. The monoisotopic (exact) mass is 366 g/mol. The summed E-state index contributed by atoms with van der Waals surface area (Å²) in [6, 6.07) is 9.71. The molecule has 0 amide bonds. The van der Waals surface area contributed by atoms with Gasteiger partial charge in [0.1, 0.15) is 5.75 Å². The zero-order valence-corrected chi connectivity index (χ0v) is 15.2. The van der Waals surface area contributed by atoms with Crippen LogP contribution in [-0.4, -0.2) is 23.0 Å². The predicted molar refractivity (Wildman–Crippen MR) is 99.8 cm³/mol. The third-order valence-electron chi connectivity index (χ3n) is 5.65. The summed E-state index contributed by atoms with van der Waals surface area (Å²) < 4.78 is 26.4. The molecule has 27 heavy (non-hydrogen) atoms. The average Bonchev–Trinajstić information content (AvgIpc) is 3.03. The van der Waals surface area contributed by atoms with Crippen LogP contribution in [0.1, 0.15) is 36.0 Å². The quantitative estimate of drug-likeness (QED) is 0.542. The van der Waals surface area contributed by atoms with E-state index in [1.54, 1.807) is 11.7 Å². The molecule has 0 radical (unpaired) electrons. The van der Waals surface area contributed by atoms with Gasteiger partial charge < -0.3 is 14.0 Å². The number of nitrogens with zero attached hydrogens (tertiary/aromatic N) is 2. The molecule has 5 rings (SSSR count). The molecular weight excluding hydrogens is 347 g/mol. The molecule has 2 atom stereocenters. The molecule has 0 N–H and O–H groups in total. The molecule has 0 saturated carbocycles. The van der Waals surface area contributed by atoms with Gasteiger partial charge in [0.15, 0.2) is 0 Å². The van der Waals surface area contributed by atoms with E-state index in [9.17, 15) is 9.18 Å². The van der Waals surface area contributed by atoms with Gasteiger partial charge in [-0.1, -0.05) is 6.92 Å². The Bertz CT molecular complexity index is 1140. The highest BCUT2D eigenvalue weighted by molar-refractivity contribution is 5.85. The van der Waals surface area contributed by atoms with E-state index in [0.717, 1.165) is 39.2 Å². The summed E-state index contributed by atoms with van der Waals surface area (Å²) in [6.45, 7) is 2.40. The van der Waals surface area contributed by atoms with Crippen molar-refractivity contribution in [1.82, 2.24) is 9.55 Å². The fourth-order valence-electron chi connectivity index (χ4n) is 4.20. The molecular formula is C21H19FN2O3. The number of fused-ring (bicyclic) bond motifs is 5. The van der Waals surface area contributed by atoms with Crippen molar-refractivity contribution < 1.29 is 13.9 Å². The van der Waals surface area contributed by atoms with Crippen molar-refractivity contribution in [3.8, 4) is 17.1 Å². The van der Waals surface area contributed by atoms with Crippen LogP contribution in [0.2, 0.25) is 0 Å². The molecule has 0 spiro atoms. The first-order valence-corrected chi connectivity index (χ1v) is 9.11. The molecule has 1 aromatic carbocycles. The maximum Gasteiger partial charge on any atom is 0.257 e. The van der Waals surface area contributed by atoms with Gasteiger partial charge in [0.25, 0.3) is 5.56 Å². The molecule has 2 aromatic heterocycles. The summed E-state index contributed by atoms with van der Waals surface area (Å²) in [7, 11) is 1.63. The zero-order valence-electron chi connectivity index (χ0n) is 15.2. The Morgan fingerprint density at radius 3 is 2.96 bits per heavy atom. The van der Waals surface area contributed by atoms with Crippen LogP contribution in [0.3, 0.4) is 0 Å².